The third kappa shape index (κ3) is 2.17. The fourth-order valence-electron chi connectivity index (χ4n) is 2.43. The molecule has 0 unspecified atom stereocenters. The van der Waals surface area contributed by atoms with Gasteiger partial charge in [0.1, 0.15) is 0 Å². The molecule has 0 radical (unpaired) electrons. The lowest BCUT2D eigenvalue weighted by Crippen LogP contribution is -2.26. The third-order valence-corrected chi connectivity index (χ3v) is 4.43. The largest absolute Gasteiger partial charge is 0.395 e. The van der Waals surface area contributed by atoms with Crippen LogP contribution in [0.25, 0.3) is 10.4 Å². The minimum Gasteiger partial charge on any atom is -0.395 e. The second-order valence-corrected chi connectivity index (χ2v) is 6.02. The van der Waals surface area contributed by atoms with Crippen molar-refractivity contribution in [1.82, 2.24) is 4.90 Å². The van der Waals surface area contributed by atoms with Gasteiger partial charge in [0.25, 0.3) is 5.91 Å². The van der Waals surface area contributed by atoms with E-state index in [9.17, 15) is 4.79 Å². The van der Waals surface area contributed by atoms with Crippen molar-refractivity contribution in [3.63, 3.8) is 0 Å². The van der Waals surface area contributed by atoms with Crippen LogP contribution in [0.15, 0.2) is 30.3 Å². The van der Waals surface area contributed by atoms with Gasteiger partial charge in [-0.15, -0.1) is 11.3 Å². The summed E-state index contributed by atoms with van der Waals surface area (Å²) in [4.78, 5) is 16.3. The highest BCUT2D eigenvalue weighted by Gasteiger charge is 2.26. The maximum Gasteiger partial charge on any atom is 0.254 e. The van der Waals surface area contributed by atoms with Crippen LogP contribution >= 0.6 is 11.3 Å². The average molecular weight is 273 g/mol. The number of amides is 1. The van der Waals surface area contributed by atoms with Crippen molar-refractivity contribution >= 4 is 17.2 Å². The first-order valence-corrected chi connectivity index (χ1v) is 7.10. The van der Waals surface area contributed by atoms with Crippen LogP contribution in [-0.4, -0.2) is 29.1 Å². The molecule has 4 heteroatoms. The first-order valence-electron chi connectivity index (χ1n) is 6.29. The van der Waals surface area contributed by atoms with Crippen LogP contribution < -0.4 is 0 Å². The molecule has 0 spiro atoms. The molecule has 0 fully saturated rings. The molecule has 2 aromatic rings. The molecule has 0 saturated carbocycles. The standard InChI is InChI=1S/C15H15NO2S/c1-10-2-5-14(19-10)11-3-4-13-12(8-11)9-16(6-7-17)15(13)18/h2-5,8,17H,6-7,9H2,1H3. The number of benzene rings is 1. The predicted octanol–water partition coefficient (Wildman–Crippen LogP) is 2.67. The molecule has 1 aromatic heterocycles. The second kappa shape index (κ2) is 4.79. The Balaban J connectivity index is 1.95. The molecule has 1 aliphatic heterocycles. The van der Waals surface area contributed by atoms with E-state index in [1.807, 2.05) is 12.1 Å². The number of aryl methyl sites for hydroxylation is 1. The van der Waals surface area contributed by atoms with Crippen molar-refractivity contribution in [2.24, 2.45) is 0 Å². The van der Waals surface area contributed by atoms with Crippen molar-refractivity contribution in [2.75, 3.05) is 13.2 Å². The number of β-amino-alcohol motifs (C(OH)–C–C–N with tert-alkyl or cyclic N) is 1. The Labute approximate surface area is 116 Å². The van der Waals surface area contributed by atoms with Gasteiger partial charge in [0.2, 0.25) is 0 Å². The van der Waals surface area contributed by atoms with E-state index in [1.54, 1.807) is 16.2 Å². The van der Waals surface area contributed by atoms with Crippen LogP contribution in [0.5, 0.6) is 0 Å². The molecular weight excluding hydrogens is 258 g/mol. The highest BCUT2D eigenvalue weighted by molar-refractivity contribution is 7.15. The Morgan fingerprint density at radius 2 is 2.16 bits per heavy atom. The summed E-state index contributed by atoms with van der Waals surface area (Å²) in [5.41, 5.74) is 2.99. The fourth-order valence-corrected chi connectivity index (χ4v) is 3.29. The number of hydrogen-bond donors (Lipinski definition) is 1. The van der Waals surface area contributed by atoms with Gasteiger partial charge >= 0.3 is 0 Å². The lowest BCUT2D eigenvalue weighted by Gasteiger charge is -2.12. The summed E-state index contributed by atoms with van der Waals surface area (Å²) >= 11 is 1.76. The molecule has 1 aliphatic rings. The Bertz CT molecular complexity index is 633. The van der Waals surface area contributed by atoms with Gasteiger partial charge in [0.15, 0.2) is 0 Å². The summed E-state index contributed by atoms with van der Waals surface area (Å²) in [6, 6.07) is 10.2. The molecule has 19 heavy (non-hydrogen) atoms. The smallest absolute Gasteiger partial charge is 0.254 e. The number of rotatable bonds is 3. The first kappa shape index (κ1) is 12.4. The zero-order chi connectivity index (χ0) is 13.4. The van der Waals surface area contributed by atoms with E-state index >= 15 is 0 Å². The Morgan fingerprint density at radius 3 is 2.84 bits per heavy atom. The number of thiophene rings is 1. The van der Waals surface area contributed by atoms with E-state index in [1.165, 1.54) is 9.75 Å². The summed E-state index contributed by atoms with van der Waals surface area (Å²) in [5, 5.41) is 8.97. The summed E-state index contributed by atoms with van der Waals surface area (Å²) < 4.78 is 0. The van der Waals surface area contributed by atoms with Crippen LogP contribution in [0, 0.1) is 6.92 Å². The van der Waals surface area contributed by atoms with E-state index in [2.05, 4.69) is 25.1 Å². The minimum atomic E-state index is 0.0106. The summed E-state index contributed by atoms with van der Waals surface area (Å²) in [7, 11) is 0. The quantitative estimate of drug-likeness (QED) is 0.934. The lowest BCUT2D eigenvalue weighted by atomic mass is 10.1. The maximum atomic E-state index is 12.1. The summed E-state index contributed by atoms with van der Waals surface area (Å²) in [6.07, 6.45) is 0. The molecular formula is C15H15NO2S. The van der Waals surface area contributed by atoms with E-state index in [0.717, 1.165) is 16.7 Å². The van der Waals surface area contributed by atoms with Crippen molar-refractivity contribution < 1.29 is 9.90 Å². The number of aliphatic hydroxyl groups is 1. The number of aliphatic hydroxyl groups excluding tert-OH is 1. The monoisotopic (exact) mass is 273 g/mol. The number of hydrogen-bond acceptors (Lipinski definition) is 3. The van der Waals surface area contributed by atoms with Gasteiger partial charge in [0, 0.05) is 28.4 Å². The van der Waals surface area contributed by atoms with Gasteiger partial charge in [-0.3, -0.25) is 4.79 Å². The molecule has 3 rings (SSSR count). The predicted molar refractivity (Wildman–Crippen MR) is 76.3 cm³/mol. The van der Waals surface area contributed by atoms with Gasteiger partial charge in [-0.1, -0.05) is 6.07 Å². The zero-order valence-corrected chi connectivity index (χ0v) is 11.5. The highest BCUT2D eigenvalue weighted by Crippen LogP contribution is 2.32. The Kier molecular flexibility index (Phi) is 3.12. The number of carbonyl (C=O) groups excluding carboxylic acids is 1. The molecule has 0 bridgehead atoms. The highest BCUT2D eigenvalue weighted by atomic mass is 32.1. The number of fused-ring (bicyclic) bond motifs is 1. The Hall–Kier alpha value is -1.65. The molecule has 2 heterocycles. The molecule has 1 amide bonds. The minimum absolute atomic E-state index is 0.0106. The zero-order valence-electron chi connectivity index (χ0n) is 10.7. The molecule has 1 aromatic carbocycles. The first-order chi connectivity index (χ1) is 9.19. The van der Waals surface area contributed by atoms with Gasteiger partial charge in [-0.25, -0.2) is 0 Å². The topological polar surface area (TPSA) is 40.5 Å². The lowest BCUT2D eigenvalue weighted by molar-refractivity contribution is 0.0745. The van der Waals surface area contributed by atoms with Crippen LogP contribution in [0.2, 0.25) is 0 Å². The van der Waals surface area contributed by atoms with Crippen LogP contribution in [0.4, 0.5) is 0 Å². The van der Waals surface area contributed by atoms with Crippen molar-refractivity contribution in [3.8, 4) is 10.4 Å². The maximum absolute atomic E-state index is 12.1. The van der Waals surface area contributed by atoms with Gasteiger partial charge < -0.3 is 10.0 Å². The molecule has 3 nitrogen and oxygen atoms in total. The Morgan fingerprint density at radius 1 is 1.32 bits per heavy atom. The summed E-state index contributed by atoms with van der Waals surface area (Å²) in [5.74, 6) is 0.0259. The van der Waals surface area contributed by atoms with Crippen molar-refractivity contribution in [3.05, 3.63) is 46.3 Å². The van der Waals surface area contributed by atoms with Gasteiger partial charge in [0.05, 0.1) is 6.61 Å². The molecule has 0 saturated heterocycles. The molecule has 0 aliphatic carbocycles. The molecule has 98 valence electrons. The van der Waals surface area contributed by atoms with Gasteiger partial charge in [-0.2, -0.15) is 0 Å². The van der Waals surface area contributed by atoms with E-state index < -0.39 is 0 Å². The second-order valence-electron chi connectivity index (χ2n) is 4.73. The number of carbonyl (C=O) groups is 1. The van der Waals surface area contributed by atoms with Crippen molar-refractivity contribution in [1.29, 1.82) is 0 Å². The SMILES string of the molecule is Cc1ccc(-c2ccc3c(c2)CN(CCO)C3=O)s1. The van der Waals surface area contributed by atoms with Crippen LogP contribution in [0.3, 0.4) is 0 Å². The third-order valence-electron chi connectivity index (χ3n) is 3.38. The molecule has 1 N–H and O–H groups in total. The van der Waals surface area contributed by atoms with Crippen molar-refractivity contribution in [2.45, 2.75) is 13.5 Å². The van der Waals surface area contributed by atoms with Crippen LogP contribution in [0.1, 0.15) is 20.8 Å². The number of nitrogens with zero attached hydrogens (tertiary/aromatic N) is 1. The molecule has 0 atom stereocenters. The van der Waals surface area contributed by atoms with E-state index in [4.69, 9.17) is 5.11 Å². The van der Waals surface area contributed by atoms with E-state index in [-0.39, 0.29) is 12.5 Å². The fraction of sp³-hybridized carbons (Fsp3) is 0.267. The van der Waals surface area contributed by atoms with Crippen LogP contribution in [-0.2, 0) is 6.54 Å². The average Bonchev–Trinajstić information content (AvgIpc) is 2.95. The van der Waals surface area contributed by atoms with E-state index in [0.29, 0.717) is 13.1 Å². The normalized spacial score (nSPS) is 14.0. The summed E-state index contributed by atoms with van der Waals surface area (Å²) in [6.45, 7) is 3.11. The van der Waals surface area contributed by atoms with Gasteiger partial charge in [-0.05, 0) is 42.3 Å².